The van der Waals surface area contributed by atoms with Crippen molar-refractivity contribution in [3.63, 3.8) is 0 Å². The molecule has 0 aromatic heterocycles. The van der Waals surface area contributed by atoms with Gasteiger partial charge in [0, 0.05) is 0 Å². The van der Waals surface area contributed by atoms with E-state index in [-0.39, 0.29) is 24.2 Å². The summed E-state index contributed by atoms with van der Waals surface area (Å²) in [5.41, 5.74) is 0.365. The number of hydrogen-bond donors (Lipinski definition) is 0. The standard InChI is InChI=1S/C30H36F4O3/c1-3-5-18-6-8-19(9-7-18)22-14-15-23(27(32)26(22)31)20-10-12-21(13-11-20)37-30(35)24-16-17-25(36-4-2)29(34)28(24)33/h14-21H,3-13H2,1-2H3. The van der Waals surface area contributed by atoms with Crippen LogP contribution >= 0.6 is 0 Å². The van der Waals surface area contributed by atoms with Gasteiger partial charge in [0.05, 0.1) is 12.2 Å². The average Bonchev–Trinajstić information content (AvgIpc) is 2.90. The Morgan fingerprint density at radius 1 is 0.757 bits per heavy atom. The highest BCUT2D eigenvalue weighted by molar-refractivity contribution is 5.90. The van der Waals surface area contributed by atoms with Crippen molar-refractivity contribution in [3.8, 4) is 5.75 Å². The Morgan fingerprint density at radius 3 is 1.86 bits per heavy atom. The largest absolute Gasteiger partial charge is 0.491 e. The van der Waals surface area contributed by atoms with E-state index in [2.05, 4.69) is 6.92 Å². The minimum absolute atomic E-state index is 0.0691. The Morgan fingerprint density at radius 2 is 1.32 bits per heavy atom. The zero-order chi connectivity index (χ0) is 26.5. The van der Waals surface area contributed by atoms with Crippen molar-refractivity contribution < 1.29 is 31.8 Å². The highest BCUT2D eigenvalue weighted by Gasteiger charge is 2.31. The van der Waals surface area contributed by atoms with Crippen molar-refractivity contribution in [1.29, 1.82) is 0 Å². The summed E-state index contributed by atoms with van der Waals surface area (Å²) in [7, 11) is 0. The first-order chi connectivity index (χ1) is 17.8. The topological polar surface area (TPSA) is 35.5 Å². The van der Waals surface area contributed by atoms with Crippen LogP contribution in [0, 0.1) is 29.2 Å². The Hall–Kier alpha value is -2.57. The van der Waals surface area contributed by atoms with Gasteiger partial charge >= 0.3 is 5.97 Å². The van der Waals surface area contributed by atoms with E-state index >= 15 is 8.78 Å². The van der Waals surface area contributed by atoms with Crippen molar-refractivity contribution in [3.05, 3.63) is 64.2 Å². The smallest absolute Gasteiger partial charge is 0.341 e. The lowest BCUT2D eigenvalue weighted by Crippen LogP contribution is -2.25. The first-order valence-electron chi connectivity index (χ1n) is 13.6. The molecule has 0 atom stereocenters. The minimum atomic E-state index is -1.30. The Balaban J connectivity index is 1.35. The SMILES string of the molecule is CCCC1CCC(c2ccc(C3CCC(OC(=O)c4ccc(OCC)c(F)c4F)CC3)c(F)c2F)CC1. The van der Waals surface area contributed by atoms with Crippen LogP contribution < -0.4 is 4.74 Å². The molecule has 2 aromatic rings. The summed E-state index contributed by atoms with van der Waals surface area (Å²) >= 11 is 0. The summed E-state index contributed by atoms with van der Waals surface area (Å²) in [5.74, 6) is -4.64. The van der Waals surface area contributed by atoms with Crippen molar-refractivity contribution in [2.24, 2.45) is 5.92 Å². The van der Waals surface area contributed by atoms with Crippen LogP contribution in [0.5, 0.6) is 5.75 Å². The number of rotatable bonds is 8. The van der Waals surface area contributed by atoms with Crippen LogP contribution in [-0.2, 0) is 4.74 Å². The first-order valence-corrected chi connectivity index (χ1v) is 13.6. The molecule has 0 bridgehead atoms. The van der Waals surface area contributed by atoms with Gasteiger partial charge in [0.1, 0.15) is 6.10 Å². The number of carbonyl (C=O) groups is 1. The van der Waals surface area contributed by atoms with Crippen LogP contribution in [0.4, 0.5) is 17.6 Å². The van der Waals surface area contributed by atoms with Crippen LogP contribution in [0.25, 0.3) is 0 Å². The number of halogens is 4. The first kappa shape index (κ1) is 27.5. The molecule has 2 saturated carbocycles. The highest BCUT2D eigenvalue weighted by atomic mass is 19.2. The molecule has 2 aliphatic rings. The van der Waals surface area contributed by atoms with Crippen molar-refractivity contribution in [1.82, 2.24) is 0 Å². The average molecular weight is 521 g/mol. The second-order valence-electron chi connectivity index (χ2n) is 10.4. The quantitative estimate of drug-likeness (QED) is 0.258. The van der Waals surface area contributed by atoms with Crippen LogP contribution in [0.1, 0.15) is 111 Å². The Kier molecular flexibility index (Phi) is 9.14. The van der Waals surface area contributed by atoms with Crippen molar-refractivity contribution in [2.45, 2.75) is 96.0 Å². The fraction of sp³-hybridized carbons (Fsp3) is 0.567. The zero-order valence-electron chi connectivity index (χ0n) is 21.6. The fourth-order valence-electron chi connectivity index (χ4n) is 6.04. The van der Waals surface area contributed by atoms with Gasteiger partial charge in [-0.15, -0.1) is 0 Å². The van der Waals surface area contributed by atoms with Gasteiger partial charge < -0.3 is 9.47 Å². The van der Waals surface area contributed by atoms with Gasteiger partial charge in [-0.1, -0.05) is 31.9 Å². The molecule has 4 rings (SSSR count). The summed E-state index contributed by atoms with van der Waals surface area (Å²) in [6, 6.07) is 5.83. The van der Waals surface area contributed by atoms with Crippen LogP contribution in [0.15, 0.2) is 24.3 Å². The van der Waals surface area contributed by atoms with E-state index in [9.17, 15) is 13.6 Å². The maximum absolute atomic E-state index is 15.1. The minimum Gasteiger partial charge on any atom is -0.491 e. The molecule has 0 heterocycles. The summed E-state index contributed by atoms with van der Waals surface area (Å²) in [4.78, 5) is 12.5. The predicted molar refractivity (Wildman–Crippen MR) is 134 cm³/mol. The highest BCUT2D eigenvalue weighted by Crippen LogP contribution is 2.41. The van der Waals surface area contributed by atoms with Crippen LogP contribution in [-0.4, -0.2) is 18.7 Å². The molecule has 0 radical (unpaired) electrons. The molecule has 0 unspecified atom stereocenters. The monoisotopic (exact) mass is 520 g/mol. The second-order valence-corrected chi connectivity index (χ2v) is 10.4. The molecular weight excluding hydrogens is 484 g/mol. The van der Waals surface area contributed by atoms with Gasteiger partial charge in [0.25, 0.3) is 0 Å². The van der Waals surface area contributed by atoms with Gasteiger partial charge in [-0.2, -0.15) is 4.39 Å². The van der Waals surface area contributed by atoms with Gasteiger partial charge in [0.15, 0.2) is 23.2 Å². The molecule has 0 aliphatic heterocycles. The second kappa shape index (κ2) is 12.3. The number of carbonyl (C=O) groups excluding carboxylic acids is 1. The third-order valence-corrected chi connectivity index (χ3v) is 8.08. The molecule has 3 nitrogen and oxygen atoms in total. The molecule has 0 spiro atoms. The van der Waals surface area contributed by atoms with Gasteiger partial charge in [-0.25, -0.2) is 18.0 Å². The predicted octanol–water partition coefficient (Wildman–Crippen LogP) is 8.60. The van der Waals surface area contributed by atoms with E-state index in [1.54, 1.807) is 19.1 Å². The maximum Gasteiger partial charge on any atom is 0.341 e. The molecule has 0 N–H and O–H groups in total. The lowest BCUT2D eigenvalue weighted by molar-refractivity contribution is 0.0188. The summed E-state index contributed by atoms with van der Waals surface area (Å²) < 4.78 is 69.1. The maximum atomic E-state index is 15.1. The molecule has 0 saturated heterocycles. The molecule has 2 aromatic carbocycles. The van der Waals surface area contributed by atoms with Gasteiger partial charge in [-0.3, -0.25) is 0 Å². The fourth-order valence-corrected chi connectivity index (χ4v) is 6.04. The summed E-state index contributed by atoms with van der Waals surface area (Å²) in [6.45, 7) is 3.99. The lowest BCUT2D eigenvalue weighted by Gasteiger charge is -2.31. The molecule has 0 amide bonds. The molecule has 37 heavy (non-hydrogen) atoms. The van der Waals surface area contributed by atoms with E-state index < -0.39 is 40.9 Å². The van der Waals surface area contributed by atoms with Crippen molar-refractivity contribution >= 4 is 5.97 Å². The molecule has 202 valence electrons. The molecule has 2 aliphatic carbocycles. The Labute approximate surface area is 216 Å². The van der Waals surface area contributed by atoms with Crippen molar-refractivity contribution in [2.75, 3.05) is 6.61 Å². The zero-order valence-corrected chi connectivity index (χ0v) is 21.6. The number of ether oxygens (including phenoxy) is 2. The molecule has 2 fully saturated rings. The Bertz CT molecular complexity index is 1090. The summed E-state index contributed by atoms with van der Waals surface area (Å²) in [5, 5.41) is 0. The third kappa shape index (κ3) is 6.12. The number of esters is 1. The third-order valence-electron chi connectivity index (χ3n) is 8.08. The van der Waals surface area contributed by atoms with Crippen LogP contribution in [0.3, 0.4) is 0 Å². The van der Waals surface area contributed by atoms with E-state index in [1.807, 2.05) is 0 Å². The number of hydrogen-bond acceptors (Lipinski definition) is 3. The molecular formula is C30H36F4O3. The van der Waals surface area contributed by atoms with Gasteiger partial charge in [0.2, 0.25) is 5.82 Å². The van der Waals surface area contributed by atoms with E-state index in [1.165, 1.54) is 12.5 Å². The van der Waals surface area contributed by atoms with E-state index in [0.717, 1.165) is 38.2 Å². The normalized spacial score (nSPS) is 24.1. The summed E-state index contributed by atoms with van der Waals surface area (Å²) in [6.07, 6.45) is 7.68. The van der Waals surface area contributed by atoms with E-state index in [4.69, 9.17) is 9.47 Å². The molecule has 7 heteroatoms. The van der Waals surface area contributed by atoms with E-state index in [0.29, 0.717) is 42.7 Å². The number of benzene rings is 2. The van der Waals surface area contributed by atoms with Gasteiger partial charge in [-0.05, 0) is 99.3 Å². The lowest BCUT2D eigenvalue weighted by atomic mass is 9.76. The van der Waals surface area contributed by atoms with Crippen LogP contribution in [0.2, 0.25) is 0 Å².